The van der Waals surface area contributed by atoms with Crippen molar-refractivity contribution in [1.82, 2.24) is 9.55 Å². The van der Waals surface area contributed by atoms with E-state index in [9.17, 15) is 9.59 Å². The van der Waals surface area contributed by atoms with E-state index in [0.29, 0.717) is 19.6 Å². The lowest BCUT2D eigenvalue weighted by molar-refractivity contribution is -0.0110. The third-order valence-corrected chi connectivity index (χ3v) is 6.61. The third kappa shape index (κ3) is 4.63. The van der Waals surface area contributed by atoms with Crippen molar-refractivity contribution in [3.05, 3.63) is 135 Å². The SMILES string of the molecule is COc1ccc(C(OC[C@H]2CO[C@@H](n3ccc(=O)[nH]c3=O)C2)(c2ccccc2)c2ccccc2)cc1. The Hall–Kier alpha value is -3.94. The van der Waals surface area contributed by atoms with Crippen LogP contribution in [0.5, 0.6) is 5.75 Å². The van der Waals surface area contributed by atoms with Gasteiger partial charge in [0.05, 0.1) is 20.3 Å². The second kappa shape index (κ2) is 10.4. The predicted octanol–water partition coefficient (Wildman–Crippen LogP) is 4.09. The molecule has 1 N–H and O–H groups in total. The van der Waals surface area contributed by atoms with Crippen molar-refractivity contribution in [2.24, 2.45) is 5.92 Å². The van der Waals surface area contributed by atoms with E-state index < -0.39 is 23.1 Å². The molecule has 0 saturated carbocycles. The second-order valence-electron chi connectivity index (χ2n) is 8.86. The lowest BCUT2D eigenvalue weighted by Gasteiger charge is -2.36. The Balaban J connectivity index is 1.49. The molecule has 36 heavy (non-hydrogen) atoms. The van der Waals surface area contributed by atoms with Crippen molar-refractivity contribution in [2.45, 2.75) is 18.2 Å². The van der Waals surface area contributed by atoms with Crippen LogP contribution >= 0.6 is 0 Å². The Labute approximate surface area is 208 Å². The molecule has 0 amide bonds. The summed E-state index contributed by atoms with van der Waals surface area (Å²) in [6, 6.07) is 29.6. The van der Waals surface area contributed by atoms with Crippen LogP contribution in [0, 0.1) is 5.92 Å². The Morgan fingerprint density at radius 2 is 1.50 bits per heavy atom. The standard InChI is InChI=1S/C29H28N2O5/c1-34-25-14-12-24(13-15-25)29(22-8-4-2-5-9-22,23-10-6-3-7-11-23)36-20-21-18-27(35-19-21)31-17-16-26(32)30-28(31)33/h2-17,21,27H,18-20H2,1H3,(H,30,32,33)/t21-,27-/m1/s1. The Kier molecular flexibility index (Phi) is 6.84. The summed E-state index contributed by atoms with van der Waals surface area (Å²) in [5, 5.41) is 0. The molecular weight excluding hydrogens is 456 g/mol. The highest BCUT2D eigenvalue weighted by atomic mass is 16.5. The van der Waals surface area contributed by atoms with Gasteiger partial charge in [-0.15, -0.1) is 0 Å². The molecule has 1 fully saturated rings. The van der Waals surface area contributed by atoms with Crippen molar-refractivity contribution in [2.75, 3.05) is 20.3 Å². The summed E-state index contributed by atoms with van der Waals surface area (Å²) in [5.74, 6) is 0.825. The fourth-order valence-electron chi connectivity index (χ4n) is 4.80. The highest BCUT2D eigenvalue weighted by molar-refractivity contribution is 5.48. The number of rotatable bonds is 8. The molecule has 0 radical (unpaired) electrons. The van der Waals surface area contributed by atoms with E-state index in [4.69, 9.17) is 14.2 Å². The van der Waals surface area contributed by atoms with Gasteiger partial charge < -0.3 is 14.2 Å². The lowest BCUT2D eigenvalue weighted by Crippen LogP contribution is -2.35. The van der Waals surface area contributed by atoms with E-state index in [2.05, 4.69) is 29.2 Å². The van der Waals surface area contributed by atoms with Crippen molar-refractivity contribution in [3.63, 3.8) is 0 Å². The molecule has 1 aliphatic rings. The molecular formula is C29H28N2O5. The molecule has 0 bridgehead atoms. The minimum atomic E-state index is -0.859. The maximum atomic E-state index is 12.2. The van der Waals surface area contributed by atoms with Gasteiger partial charge in [0.25, 0.3) is 5.56 Å². The number of hydrogen-bond acceptors (Lipinski definition) is 5. The van der Waals surface area contributed by atoms with Crippen LogP contribution in [0.2, 0.25) is 0 Å². The van der Waals surface area contributed by atoms with E-state index in [1.54, 1.807) is 7.11 Å². The van der Waals surface area contributed by atoms with E-state index in [0.717, 1.165) is 22.4 Å². The smallest absolute Gasteiger partial charge is 0.330 e. The summed E-state index contributed by atoms with van der Waals surface area (Å²) in [5.41, 5.74) is 1.23. The number of H-pyrrole nitrogens is 1. The fourth-order valence-corrected chi connectivity index (χ4v) is 4.80. The lowest BCUT2D eigenvalue weighted by atomic mass is 9.80. The highest BCUT2D eigenvalue weighted by Crippen LogP contribution is 2.42. The highest BCUT2D eigenvalue weighted by Gasteiger charge is 2.39. The summed E-state index contributed by atoms with van der Waals surface area (Å²) in [6.07, 6.45) is 1.62. The van der Waals surface area contributed by atoms with Gasteiger partial charge in [-0.3, -0.25) is 14.3 Å². The van der Waals surface area contributed by atoms with E-state index in [1.807, 2.05) is 60.7 Å². The largest absolute Gasteiger partial charge is 0.497 e. The molecule has 3 aromatic carbocycles. The number of aromatic amines is 1. The Bertz CT molecular complexity index is 1360. The maximum absolute atomic E-state index is 12.2. The monoisotopic (exact) mass is 484 g/mol. The summed E-state index contributed by atoms with van der Waals surface area (Å²) in [6.45, 7) is 0.850. The molecule has 5 rings (SSSR count). The second-order valence-corrected chi connectivity index (χ2v) is 8.86. The topological polar surface area (TPSA) is 82.6 Å². The van der Waals surface area contributed by atoms with Gasteiger partial charge >= 0.3 is 5.69 Å². The molecule has 1 aromatic heterocycles. The first kappa shape index (κ1) is 23.8. The van der Waals surface area contributed by atoms with Crippen LogP contribution in [0.25, 0.3) is 0 Å². The molecule has 4 aromatic rings. The summed E-state index contributed by atoms with van der Waals surface area (Å²) < 4.78 is 19.7. The van der Waals surface area contributed by atoms with E-state index >= 15 is 0 Å². The van der Waals surface area contributed by atoms with Crippen LogP contribution < -0.4 is 16.0 Å². The number of nitrogens with zero attached hydrogens (tertiary/aromatic N) is 1. The van der Waals surface area contributed by atoms with Gasteiger partial charge in [0, 0.05) is 18.2 Å². The summed E-state index contributed by atoms with van der Waals surface area (Å²) >= 11 is 0. The molecule has 2 atom stereocenters. The maximum Gasteiger partial charge on any atom is 0.330 e. The van der Waals surface area contributed by atoms with Gasteiger partial charge in [-0.2, -0.15) is 0 Å². The molecule has 1 aliphatic heterocycles. The minimum absolute atomic E-state index is 0.0545. The molecule has 2 heterocycles. The zero-order chi connectivity index (χ0) is 25.0. The zero-order valence-electron chi connectivity index (χ0n) is 20.0. The van der Waals surface area contributed by atoms with Crippen LogP contribution in [-0.2, 0) is 15.1 Å². The van der Waals surface area contributed by atoms with Crippen molar-refractivity contribution < 1.29 is 14.2 Å². The number of benzene rings is 3. The third-order valence-electron chi connectivity index (χ3n) is 6.61. The van der Waals surface area contributed by atoms with Gasteiger partial charge in [-0.25, -0.2) is 4.79 Å². The van der Waals surface area contributed by atoms with Crippen molar-refractivity contribution in [1.29, 1.82) is 0 Å². The van der Waals surface area contributed by atoms with Gasteiger partial charge in [0.15, 0.2) is 0 Å². The first-order chi connectivity index (χ1) is 17.6. The van der Waals surface area contributed by atoms with Crippen LogP contribution in [0.4, 0.5) is 0 Å². The average molecular weight is 485 g/mol. The van der Waals surface area contributed by atoms with Crippen LogP contribution in [-0.4, -0.2) is 29.9 Å². The molecule has 0 spiro atoms. The Morgan fingerprint density at radius 1 is 0.889 bits per heavy atom. The number of ether oxygens (including phenoxy) is 3. The summed E-state index contributed by atoms with van der Waals surface area (Å²) in [7, 11) is 1.65. The number of hydrogen-bond donors (Lipinski definition) is 1. The van der Waals surface area contributed by atoms with Crippen LogP contribution in [0.3, 0.4) is 0 Å². The molecule has 0 unspecified atom stereocenters. The van der Waals surface area contributed by atoms with Gasteiger partial charge in [-0.05, 0) is 35.2 Å². The van der Waals surface area contributed by atoms with Gasteiger partial charge in [0.1, 0.15) is 17.6 Å². The predicted molar refractivity (Wildman–Crippen MR) is 136 cm³/mol. The van der Waals surface area contributed by atoms with Crippen molar-refractivity contribution in [3.8, 4) is 5.75 Å². The zero-order valence-corrected chi connectivity index (χ0v) is 20.0. The number of aromatic nitrogens is 2. The molecule has 7 nitrogen and oxygen atoms in total. The van der Waals surface area contributed by atoms with Gasteiger partial charge in [-0.1, -0.05) is 72.8 Å². The first-order valence-corrected chi connectivity index (χ1v) is 11.9. The Morgan fingerprint density at radius 3 is 2.08 bits per heavy atom. The normalized spacial score (nSPS) is 17.7. The molecule has 184 valence electrons. The number of methoxy groups -OCH3 is 1. The average Bonchev–Trinajstić information content (AvgIpc) is 3.39. The van der Waals surface area contributed by atoms with Crippen LogP contribution in [0.1, 0.15) is 29.3 Å². The van der Waals surface area contributed by atoms with E-state index in [-0.39, 0.29) is 5.92 Å². The quantitative estimate of drug-likeness (QED) is 0.381. The molecule has 1 saturated heterocycles. The van der Waals surface area contributed by atoms with Crippen LogP contribution in [0.15, 0.2) is 107 Å². The van der Waals surface area contributed by atoms with E-state index in [1.165, 1.54) is 16.8 Å². The fraction of sp³-hybridized carbons (Fsp3) is 0.241. The molecule has 0 aliphatic carbocycles. The van der Waals surface area contributed by atoms with Gasteiger partial charge in [0.2, 0.25) is 0 Å². The minimum Gasteiger partial charge on any atom is -0.497 e. The first-order valence-electron chi connectivity index (χ1n) is 11.9. The summed E-state index contributed by atoms with van der Waals surface area (Å²) in [4.78, 5) is 26.0. The van der Waals surface area contributed by atoms with Crippen molar-refractivity contribution >= 4 is 0 Å². The number of nitrogens with one attached hydrogen (secondary N) is 1. The molecule has 7 heteroatoms.